The van der Waals surface area contributed by atoms with Gasteiger partial charge in [-0.15, -0.1) is 15.7 Å². The molecular weight excluding hydrogens is 500 g/mol. The molecule has 0 fully saturated rings. The number of hydrogen-bond donors (Lipinski definition) is 2. The van der Waals surface area contributed by atoms with E-state index in [4.69, 9.17) is 16.3 Å². The Labute approximate surface area is 209 Å². The molecule has 1 unspecified atom stereocenters. The highest BCUT2D eigenvalue weighted by Crippen LogP contribution is 2.25. The number of carbonyl (C=O) groups is 3. The van der Waals surface area contributed by atoms with Crippen LogP contribution in [0.3, 0.4) is 0 Å². The lowest BCUT2D eigenvalue weighted by molar-refractivity contribution is -0.120. The number of ether oxygens (including phenoxy) is 1. The first-order chi connectivity index (χ1) is 15.8. The van der Waals surface area contributed by atoms with Crippen LogP contribution >= 0.6 is 22.9 Å². The Balaban J connectivity index is 2.36. The van der Waals surface area contributed by atoms with E-state index in [1.807, 2.05) is 13.8 Å². The molecule has 3 amide bonds. The third-order valence-corrected chi connectivity index (χ3v) is 7.74. The fourth-order valence-electron chi connectivity index (χ4n) is 2.77. The summed E-state index contributed by atoms with van der Waals surface area (Å²) >= 11 is 7.00. The fourth-order valence-corrected chi connectivity index (χ4v) is 5.82. The molecule has 9 nitrogen and oxygen atoms in total. The van der Waals surface area contributed by atoms with E-state index in [2.05, 4.69) is 19.4 Å². The van der Waals surface area contributed by atoms with Gasteiger partial charge in [-0.05, 0) is 56.9 Å². The molecule has 0 aliphatic rings. The van der Waals surface area contributed by atoms with Crippen molar-refractivity contribution in [2.45, 2.75) is 63.3 Å². The van der Waals surface area contributed by atoms with Gasteiger partial charge in [-0.1, -0.05) is 25.4 Å². The molecule has 0 aliphatic carbocycles. The van der Waals surface area contributed by atoms with Crippen LogP contribution in [-0.4, -0.2) is 38.7 Å². The smallest absolute Gasteiger partial charge is 0.408 e. The molecule has 0 saturated heterocycles. The molecule has 2 rings (SSSR count). The lowest BCUT2D eigenvalue weighted by Gasteiger charge is -2.23. The molecule has 2 atom stereocenters. The summed E-state index contributed by atoms with van der Waals surface area (Å²) in [5.41, 5.74) is -0.122. The molecule has 0 radical (unpaired) electrons. The number of carbonyl (C=O) groups excluding carboxylic acids is 3. The van der Waals surface area contributed by atoms with Gasteiger partial charge in [0.2, 0.25) is 5.91 Å². The van der Waals surface area contributed by atoms with E-state index in [9.17, 15) is 18.6 Å². The molecule has 2 heterocycles. The summed E-state index contributed by atoms with van der Waals surface area (Å²) in [5, 5.41) is 4.32. The summed E-state index contributed by atoms with van der Waals surface area (Å²) in [7, 11) is -3.71. The normalized spacial score (nSPS) is 14.1. The van der Waals surface area contributed by atoms with E-state index in [0.29, 0.717) is 10.6 Å². The molecule has 0 saturated carbocycles. The maximum atomic E-state index is 13.8. The van der Waals surface area contributed by atoms with E-state index < -0.39 is 39.5 Å². The minimum atomic E-state index is -3.71. The molecule has 0 aliphatic heterocycles. The van der Waals surface area contributed by atoms with Crippen molar-refractivity contribution in [3.63, 3.8) is 0 Å². The zero-order valence-electron chi connectivity index (χ0n) is 19.7. The van der Waals surface area contributed by atoms with Crippen LogP contribution in [0.15, 0.2) is 44.5 Å². The van der Waals surface area contributed by atoms with E-state index in [1.165, 1.54) is 23.8 Å². The third kappa shape index (κ3) is 9.03. The van der Waals surface area contributed by atoms with Crippen molar-refractivity contribution in [2.75, 3.05) is 0 Å². The second-order valence-electron chi connectivity index (χ2n) is 8.93. The third-order valence-electron chi connectivity index (χ3n) is 4.10. The maximum Gasteiger partial charge on any atom is 0.408 e. The lowest BCUT2D eigenvalue weighted by atomic mass is 10.0. The highest BCUT2D eigenvalue weighted by atomic mass is 35.5. The van der Waals surface area contributed by atoms with E-state index >= 15 is 0 Å². The second-order valence-corrected chi connectivity index (χ2v) is 12.4. The van der Waals surface area contributed by atoms with Crippen LogP contribution in [0.2, 0.25) is 5.02 Å². The van der Waals surface area contributed by atoms with Gasteiger partial charge < -0.3 is 10.1 Å². The van der Waals surface area contributed by atoms with Crippen LogP contribution in [0.4, 0.5) is 4.79 Å². The number of alkyl carbamates (subject to hydrolysis) is 1. The highest BCUT2D eigenvalue weighted by molar-refractivity contribution is 7.94. The molecule has 0 aromatic carbocycles. The van der Waals surface area contributed by atoms with Crippen molar-refractivity contribution < 1.29 is 23.3 Å². The molecule has 186 valence electrons. The Morgan fingerprint density at radius 2 is 1.88 bits per heavy atom. The highest BCUT2D eigenvalue weighted by Gasteiger charge is 2.28. The zero-order valence-corrected chi connectivity index (χ0v) is 22.1. The standard InChI is InChI=1S/C22H29ClN4O5S2/c1-14(2)10-17(25-21(30)32-22(3,4)5)20(29)27-34(31,19-12-16(23)13-33-19)26-18(28)11-15-6-8-24-9-7-15/h6-9,12-14,17H,10-11H2,1-5H3,(H,25,30)(H,26,27,28,29,31)/t17-,34?/m0/s1. The van der Waals surface area contributed by atoms with E-state index in [1.54, 1.807) is 32.9 Å². The summed E-state index contributed by atoms with van der Waals surface area (Å²) in [5.74, 6) is -1.44. The molecule has 2 N–H and O–H groups in total. The van der Waals surface area contributed by atoms with Crippen molar-refractivity contribution in [1.82, 2.24) is 15.0 Å². The number of nitrogens with one attached hydrogen (secondary N) is 2. The minimum absolute atomic E-state index is 0.00704. The Bertz CT molecular complexity index is 1140. The molecule has 0 spiro atoms. The SMILES string of the molecule is CC(C)C[C@H](NC(=O)OC(C)(C)C)C(=O)N=S(=O)(NC(=O)Cc1ccncc1)c1cc(Cl)cs1. The first-order valence-corrected chi connectivity index (χ1v) is 13.3. The van der Waals surface area contributed by atoms with Crippen molar-refractivity contribution in [1.29, 1.82) is 0 Å². The van der Waals surface area contributed by atoms with Crippen LogP contribution in [0.5, 0.6) is 0 Å². The molecule has 34 heavy (non-hydrogen) atoms. The van der Waals surface area contributed by atoms with Gasteiger partial charge >= 0.3 is 6.09 Å². The first-order valence-electron chi connectivity index (χ1n) is 10.5. The average Bonchev–Trinajstić information content (AvgIpc) is 3.13. The Morgan fingerprint density at radius 3 is 2.41 bits per heavy atom. The summed E-state index contributed by atoms with van der Waals surface area (Å²) in [6, 6.07) is 3.59. The second kappa shape index (κ2) is 11.8. The Hall–Kier alpha value is -2.50. The van der Waals surface area contributed by atoms with Crippen molar-refractivity contribution >= 4 is 50.8 Å². The van der Waals surface area contributed by atoms with Crippen molar-refractivity contribution in [2.24, 2.45) is 10.3 Å². The first kappa shape index (κ1) is 27.7. The van der Waals surface area contributed by atoms with Gasteiger partial charge in [-0.25, -0.2) is 9.00 Å². The van der Waals surface area contributed by atoms with Gasteiger partial charge in [0.25, 0.3) is 5.91 Å². The van der Waals surface area contributed by atoms with E-state index in [-0.39, 0.29) is 23.0 Å². The van der Waals surface area contributed by atoms with Gasteiger partial charge in [0.15, 0.2) is 9.92 Å². The number of amides is 3. The largest absolute Gasteiger partial charge is 0.444 e. The van der Waals surface area contributed by atoms with Crippen LogP contribution in [-0.2, 0) is 30.7 Å². The molecule has 2 aromatic heterocycles. The number of aromatic nitrogens is 1. The summed E-state index contributed by atoms with van der Waals surface area (Å²) in [6.07, 6.45) is 2.41. The van der Waals surface area contributed by atoms with E-state index in [0.717, 1.165) is 11.3 Å². The molecule has 0 bridgehead atoms. The average molecular weight is 529 g/mol. The van der Waals surface area contributed by atoms with Crippen LogP contribution in [0.1, 0.15) is 46.6 Å². The molecule has 12 heteroatoms. The number of hydrogen-bond acceptors (Lipinski definition) is 7. The molecule has 2 aromatic rings. The van der Waals surface area contributed by atoms with Crippen LogP contribution in [0, 0.1) is 5.92 Å². The summed E-state index contributed by atoms with van der Waals surface area (Å²) in [4.78, 5) is 42.0. The Morgan fingerprint density at radius 1 is 1.24 bits per heavy atom. The number of thiophene rings is 1. The van der Waals surface area contributed by atoms with Gasteiger partial charge in [0.1, 0.15) is 15.9 Å². The molecular formula is C22H29ClN4O5S2. The number of nitrogens with zero attached hydrogens (tertiary/aromatic N) is 2. The summed E-state index contributed by atoms with van der Waals surface area (Å²) < 4.78 is 25.4. The maximum absolute atomic E-state index is 13.8. The fraction of sp³-hybridized carbons (Fsp3) is 0.455. The number of pyridine rings is 1. The van der Waals surface area contributed by atoms with Crippen molar-refractivity contribution in [3.8, 4) is 0 Å². The van der Waals surface area contributed by atoms with Gasteiger partial charge in [-0.2, -0.15) is 0 Å². The number of halogens is 1. The van der Waals surface area contributed by atoms with Gasteiger partial charge in [-0.3, -0.25) is 19.3 Å². The minimum Gasteiger partial charge on any atom is -0.444 e. The monoisotopic (exact) mass is 528 g/mol. The number of rotatable bonds is 8. The van der Waals surface area contributed by atoms with Crippen LogP contribution in [0.25, 0.3) is 0 Å². The summed E-state index contributed by atoms with van der Waals surface area (Å²) in [6.45, 7) is 8.82. The topological polar surface area (TPSA) is 127 Å². The lowest BCUT2D eigenvalue weighted by Crippen LogP contribution is -2.44. The predicted molar refractivity (Wildman–Crippen MR) is 132 cm³/mol. The predicted octanol–water partition coefficient (Wildman–Crippen LogP) is 4.36. The quantitative estimate of drug-likeness (QED) is 0.524. The van der Waals surface area contributed by atoms with Crippen molar-refractivity contribution in [3.05, 3.63) is 46.6 Å². The van der Waals surface area contributed by atoms with Gasteiger partial charge in [0.05, 0.1) is 11.4 Å². The van der Waals surface area contributed by atoms with Gasteiger partial charge in [0, 0.05) is 17.8 Å². The Kier molecular flexibility index (Phi) is 9.60. The zero-order chi connectivity index (χ0) is 25.5. The van der Waals surface area contributed by atoms with Crippen LogP contribution < -0.4 is 10.0 Å².